The number of amides is 1. The number of nitrogens with zero attached hydrogens (tertiary/aromatic N) is 1. The quantitative estimate of drug-likeness (QED) is 0.817. The minimum absolute atomic E-state index is 0.0466. The number of halogens is 1. The molecule has 0 bridgehead atoms. The molecule has 0 spiro atoms. The van der Waals surface area contributed by atoms with Crippen molar-refractivity contribution in [3.05, 3.63) is 23.2 Å². The summed E-state index contributed by atoms with van der Waals surface area (Å²) < 4.78 is 0. The van der Waals surface area contributed by atoms with E-state index in [9.17, 15) is 4.79 Å². The van der Waals surface area contributed by atoms with Gasteiger partial charge in [0, 0.05) is 24.7 Å². The van der Waals surface area contributed by atoms with Gasteiger partial charge in [0.2, 0.25) is 5.91 Å². The van der Waals surface area contributed by atoms with Crippen LogP contribution in [0.4, 0.5) is 11.4 Å². The fourth-order valence-corrected chi connectivity index (χ4v) is 2.21. The number of anilines is 2. The summed E-state index contributed by atoms with van der Waals surface area (Å²) in [5, 5.41) is 3.28. The topological polar surface area (TPSA) is 58.4 Å². The number of hydrogen-bond acceptors (Lipinski definition) is 3. The zero-order valence-electron chi connectivity index (χ0n) is 13.5. The third-order valence-corrected chi connectivity index (χ3v) is 4.19. The predicted octanol–water partition coefficient (Wildman–Crippen LogP) is 3.62. The van der Waals surface area contributed by atoms with E-state index >= 15 is 0 Å². The van der Waals surface area contributed by atoms with Gasteiger partial charge in [-0.3, -0.25) is 4.79 Å². The van der Waals surface area contributed by atoms with E-state index in [4.69, 9.17) is 17.3 Å². The lowest BCUT2D eigenvalue weighted by atomic mass is 9.87. The van der Waals surface area contributed by atoms with Crippen LogP contribution in [-0.4, -0.2) is 30.4 Å². The minimum Gasteiger partial charge on any atom is -0.399 e. The van der Waals surface area contributed by atoms with E-state index in [1.54, 1.807) is 18.2 Å². The lowest BCUT2D eigenvalue weighted by Gasteiger charge is -2.35. The van der Waals surface area contributed by atoms with Crippen LogP contribution in [0.2, 0.25) is 5.02 Å². The maximum absolute atomic E-state index is 12.0. The van der Waals surface area contributed by atoms with Crippen LogP contribution >= 0.6 is 11.6 Å². The van der Waals surface area contributed by atoms with Crippen LogP contribution in [0, 0.1) is 5.41 Å². The Morgan fingerprint density at radius 3 is 2.57 bits per heavy atom. The van der Waals surface area contributed by atoms with E-state index in [-0.39, 0.29) is 11.3 Å². The number of carbonyl (C=O) groups is 1. The molecule has 21 heavy (non-hydrogen) atoms. The van der Waals surface area contributed by atoms with Crippen LogP contribution in [0.5, 0.6) is 0 Å². The van der Waals surface area contributed by atoms with Crippen molar-refractivity contribution in [3.8, 4) is 0 Å². The molecule has 118 valence electrons. The molecule has 0 heterocycles. The number of rotatable bonds is 5. The standard InChI is InChI=1S/C16H26ClN3O/c1-11(16(2,3)4)20(5)9-8-15(21)19-14-7-6-12(18)10-13(14)17/h6-7,10-11H,8-9,18H2,1-5H3,(H,19,21). The Hall–Kier alpha value is -1.26. The molecule has 1 atom stereocenters. The molecule has 0 fully saturated rings. The molecule has 0 saturated heterocycles. The summed E-state index contributed by atoms with van der Waals surface area (Å²) >= 11 is 6.04. The highest BCUT2D eigenvalue weighted by Gasteiger charge is 2.23. The van der Waals surface area contributed by atoms with Gasteiger partial charge in [-0.1, -0.05) is 32.4 Å². The van der Waals surface area contributed by atoms with Gasteiger partial charge in [-0.2, -0.15) is 0 Å². The first-order valence-electron chi connectivity index (χ1n) is 7.16. The van der Waals surface area contributed by atoms with Crippen LogP contribution in [-0.2, 0) is 4.79 Å². The Morgan fingerprint density at radius 1 is 1.43 bits per heavy atom. The molecule has 0 aliphatic rings. The summed E-state index contributed by atoms with van der Waals surface area (Å²) in [5.74, 6) is -0.0466. The fraction of sp³-hybridized carbons (Fsp3) is 0.562. The number of benzene rings is 1. The minimum atomic E-state index is -0.0466. The van der Waals surface area contributed by atoms with Crippen LogP contribution in [0.1, 0.15) is 34.1 Å². The van der Waals surface area contributed by atoms with E-state index < -0.39 is 0 Å². The fourth-order valence-electron chi connectivity index (χ4n) is 1.98. The van der Waals surface area contributed by atoms with E-state index in [1.807, 2.05) is 7.05 Å². The second kappa shape index (κ2) is 7.14. The molecule has 1 aromatic carbocycles. The van der Waals surface area contributed by atoms with Gasteiger partial charge in [0.1, 0.15) is 0 Å². The Balaban J connectivity index is 2.51. The predicted molar refractivity (Wildman–Crippen MR) is 90.7 cm³/mol. The zero-order valence-corrected chi connectivity index (χ0v) is 14.3. The van der Waals surface area contributed by atoms with E-state index in [2.05, 4.69) is 37.9 Å². The van der Waals surface area contributed by atoms with Gasteiger partial charge in [-0.15, -0.1) is 0 Å². The van der Waals surface area contributed by atoms with Gasteiger partial charge in [0.05, 0.1) is 10.7 Å². The van der Waals surface area contributed by atoms with Crippen LogP contribution in [0.25, 0.3) is 0 Å². The van der Waals surface area contributed by atoms with Crippen molar-refractivity contribution < 1.29 is 4.79 Å². The normalized spacial score (nSPS) is 13.3. The summed E-state index contributed by atoms with van der Waals surface area (Å²) in [5.41, 5.74) is 6.99. The van der Waals surface area contributed by atoms with Gasteiger partial charge in [-0.05, 0) is 37.6 Å². The molecule has 0 saturated carbocycles. The monoisotopic (exact) mass is 311 g/mol. The van der Waals surface area contributed by atoms with E-state index in [0.717, 1.165) is 0 Å². The Morgan fingerprint density at radius 2 is 2.05 bits per heavy atom. The Bertz CT molecular complexity index is 497. The van der Waals surface area contributed by atoms with Crippen molar-refractivity contribution in [3.63, 3.8) is 0 Å². The molecule has 1 unspecified atom stereocenters. The van der Waals surface area contributed by atoms with Crippen molar-refractivity contribution in [2.75, 3.05) is 24.6 Å². The van der Waals surface area contributed by atoms with Crippen molar-refractivity contribution >= 4 is 28.9 Å². The van der Waals surface area contributed by atoms with Gasteiger partial charge in [-0.25, -0.2) is 0 Å². The SMILES string of the molecule is CC(N(C)CCC(=O)Nc1ccc(N)cc1Cl)C(C)(C)C. The molecule has 4 nitrogen and oxygen atoms in total. The first kappa shape index (κ1) is 17.8. The number of nitrogens with one attached hydrogen (secondary N) is 1. The first-order chi connectivity index (χ1) is 9.61. The molecular formula is C16H26ClN3O. The second-order valence-electron chi connectivity index (χ2n) is 6.56. The smallest absolute Gasteiger partial charge is 0.225 e. The van der Waals surface area contributed by atoms with Crippen molar-refractivity contribution in [2.45, 2.75) is 40.2 Å². The molecule has 0 radical (unpaired) electrons. The number of nitrogens with two attached hydrogens (primary N) is 1. The number of carbonyl (C=O) groups excluding carboxylic acids is 1. The van der Waals surface area contributed by atoms with Crippen LogP contribution < -0.4 is 11.1 Å². The molecule has 3 N–H and O–H groups in total. The number of hydrogen-bond donors (Lipinski definition) is 2. The van der Waals surface area contributed by atoms with Crippen LogP contribution in [0.3, 0.4) is 0 Å². The Kier molecular flexibility index (Phi) is 6.05. The second-order valence-corrected chi connectivity index (χ2v) is 6.97. The molecule has 5 heteroatoms. The highest BCUT2D eigenvalue weighted by atomic mass is 35.5. The van der Waals surface area contributed by atoms with Crippen molar-refractivity contribution in [1.29, 1.82) is 0 Å². The Labute approximate surface area is 132 Å². The molecule has 1 amide bonds. The van der Waals surface area contributed by atoms with Gasteiger partial charge in [0.15, 0.2) is 0 Å². The lowest BCUT2D eigenvalue weighted by molar-refractivity contribution is -0.116. The molecule has 1 aromatic rings. The zero-order chi connectivity index (χ0) is 16.2. The maximum atomic E-state index is 12.0. The number of nitrogen functional groups attached to an aromatic ring is 1. The molecule has 1 rings (SSSR count). The average molecular weight is 312 g/mol. The van der Waals surface area contributed by atoms with Crippen molar-refractivity contribution in [2.24, 2.45) is 5.41 Å². The average Bonchev–Trinajstić information content (AvgIpc) is 2.37. The van der Waals surface area contributed by atoms with Crippen LogP contribution in [0.15, 0.2) is 18.2 Å². The lowest BCUT2D eigenvalue weighted by Crippen LogP contribution is -2.40. The molecule has 0 aliphatic carbocycles. The summed E-state index contributed by atoms with van der Waals surface area (Å²) in [6, 6.07) is 5.46. The third kappa shape index (κ3) is 5.56. The summed E-state index contributed by atoms with van der Waals surface area (Å²) in [6.07, 6.45) is 0.428. The highest BCUT2D eigenvalue weighted by Crippen LogP contribution is 2.25. The van der Waals surface area contributed by atoms with Gasteiger partial charge < -0.3 is 16.0 Å². The van der Waals surface area contributed by atoms with Gasteiger partial charge in [0.25, 0.3) is 0 Å². The molecular weight excluding hydrogens is 286 g/mol. The molecule has 0 aliphatic heterocycles. The van der Waals surface area contributed by atoms with Crippen molar-refractivity contribution in [1.82, 2.24) is 4.90 Å². The molecule has 0 aromatic heterocycles. The first-order valence-corrected chi connectivity index (χ1v) is 7.54. The maximum Gasteiger partial charge on any atom is 0.225 e. The summed E-state index contributed by atoms with van der Waals surface area (Å²) in [6.45, 7) is 9.47. The van der Waals surface area contributed by atoms with Gasteiger partial charge >= 0.3 is 0 Å². The third-order valence-electron chi connectivity index (χ3n) is 3.87. The largest absolute Gasteiger partial charge is 0.399 e. The van der Waals surface area contributed by atoms with E-state index in [1.165, 1.54) is 0 Å². The highest BCUT2D eigenvalue weighted by molar-refractivity contribution is 6.34. The summed E-state index contributed by atoms with van der Waals surface area (Å²) in [7, 11) is 2.04. The van der Waals surface area contributed by atoms with E-state index in [0.29, 0.717) is 35.4 Å². The summed E-state index contributed by atoms with van der Waals surface area (Å²) in [4.78, 5) is 14.2.